The molecule has 0 bridgehead atoms. The molecule has 5 rings (SSSR count). The summed E-state index contributed by atoms with van der Waals surface area (Å²) in [6, 6.07) is 11.8. The Balaban J connectivity index is 1.51. The Morgan fingerprint density at radius 1 is 1.15 bits per heavy atom. The maximum atomic E-state index is 4.44. The summed E-state index contributed by atoms with van der Waals surface area (Å²) in [5.41, 5.74) is 6.49. The van der Waals surface area contributed by atoms with E-state index in [1.54, 1.807) is 0 Å². The minimum absolute atomic E-state index is 0.765. The van der Waals surface area contributed by atoms with Crippen LogP contribution in [-0.4, -0.2) is 37.9 Å². The standard InChI is InChI=1S/C21H23N5/c1-13-23-20-17(8-9-22-21(20)24-13)19-11-15-10-14(6-7-18(15)25-19)12-26(2)16-4-3-5-16/h6-11,16,25H,3-5,12H2,1-2H3,(H,22,23,24). The molecule has 0 atom stereocenters. The van der Waals surface area contributed by atoms with Crippen LogP contribution < -0.4 is 0 Å². The number of hydrogen-bond donors (Lipinski definition) is 2. The average molecular weight is 345 g/mol. The van der Waals surface area contributed by atoms with Gasteiger partial charge in [-0.25, -0.2) is 9.97 Å². The Bertz CT molecular complexity index is 1090. The maximum Gasteiger partial charge on any atom is 0.178 e. The number of imidazole rings is 1. The highest BCUT2D eigenvalue weighted by Crippen LogP contribution is 2.30. The Hall–Kier alpha value is -2.66. The van der Waals surface area contributed by atoms with Crippen LogP contribution in [-0.2, 0) is 6.54 Å². The normalized spacial score (nSPS) is 15.2. The fourth-order valence-electron chi connectivity index (χ4n) is 3.92. The van der Waals surface area contributed by atoms with Crippen molar-refractivity contribution in [3.63, 3.8) is 0 Å². The van der Waals surface area contributed by atoms with Crippen LogP contribution in [0, 0.1) is 6.92 Å². The van der Waals surface area contributed by atoms with Gasteiger partial charge in [0.2, 0.25) is 0 Å². The molecule has 1 aliphatic carbocycles. The number of H-pyrrole nitrogens is 2. The first-order valence-corrected chi connectivity index (χ1v) is 9.31. The van der Waals surface area contributed by atoms with E-state index >= 15 is 0 Å². The fourth-order valence-corrected chi connectivity index (χ4v) is 3.92. The van der Waals surface area contributed by atoms with E-state index < -0.39 is 0 Å². The van der Waals surface area contributed by atoms with Gasteiger partial charge >= 0.3 is 0 Å². The van der Waals surface area contributed by atoms with E-state index in [9.17, 15) is 0 Å². The van der Waals surface area contributed by atoms with Gasteiger partial charge < -0.3 is 9.97 Å². The summed E-state index contributed by atoms with van der Waals surface area (Å²) in [6.45, 7) is 2.97. The van der Waals surface area contributed by atoms with Gasteiger partial charge in [0.15, 0.2) is 5.65 Å². The molecule has 3 aromatic heterocycles. The smallest absolute Gasteiger partial charge is 0.178 e. The number of fused-ring (bicyclic) bond motifs is 2. The topological polar surface area (TPSA) is 60.6 Å². The van der Waals surface area contributed by atoms with E-state index in [0.29, 0.717) is 0 Å². The van der Waals surface area contributed by atoms with Crippen LogP contribution in [0.25, 0.3) is 33.3 Å². The lowest BCUT2D eigenvalue weighted by Gasteiger charge is -2.34. The van der Waals surface area contributed by atoms with Crippen molar-refractivity contribution in [1.29, 1.82) is 0 Å². The number of hydrogen-bond acceptors (Lipinski definition) is 3. The van der Waals surface area contributed by atoms with E-state index in [2.05, 4.69) is 56.1 Å². The Morgan fingerprint density at radius 2 is 2.04 bits per heavy atom. The van der Waals surface area contributed by atoms with Crippen molar-refractivity contribution in [2.45, 2.75) is 38.8 Å². The average Bonchev–Trinajstić information content (AvgIpc) is 3.14. The molecule has 0 amide bonds. The molecule has 3 heterocycles. The first kappa shape index (κ1) is 15.6. The van der Waals surface area contributed by atoms with Gasteiger partial charge in [-0.3, -0.25) is 4.90 Å². The largest absolute Gasteiger partial charge is 0.354 e. The summed E-state index contributed by atoms with van der Waals surface area (Å²) in [4.78, 5) is 18.2. The summed E-state index contributed by atoms with van der Waals surface area (Å²) in [6.07, 6.45) is 5.88. The molecule has 0 spiro atoms. The van der Waals surface area contributed by atoms with Gasteiger partial charge in [-0.05, 0) is 56.6 Å². The van der Waals surface area contributed by atoms with Crippen molar-refractivity contribution in [3.05, 3.63) is 47.9 Å². The van der Waals surface area contributed by atoms with Crippen LogP contribution >= 0.6 is 0 Å². The summed E-state index contributed by atoms with van der Waals surface area (Å²) < 4.78 is 0. The predicted octanol–water partition coefficient (Wildman–Crippen LogP) is 4.40. The molecule has 132 valence electrons. The Labute approximate surface area is 152 Å². The molecule has 5 nitrogen and oxygen atoms in total. The first-order chi connectivity index (χ1) is 12.7. The second kappa shape index (κ2) is 5.95. The number of nitrogens with zero attached hydrogens (tertiary/aromatic N) is 3. The minimum Gasteiger partial charge on any atom is -0.354 e. The van der Waals surface area contributed by atoms with Crippen LogP contribution in [0.1, 0.15) is 30.7 Å². The Morgan fingerprint density at radius 3 is 2.85 bits per heavy atom. The van der Waals surface area contributed by atoms with Gasteiger partial charge in [-0.2, -0.15) is 0 Å². The third-order valence-electron chi connectivity index (χ3n) is 5.62. The van der Waals surface area contributed by atoms with Crippen molar-refractivity contribution >= 4 is 22.1 Å². The highest BCUT2D eigenvalue weighted by Gasteiger charge is 2.21. The second-order valence-corrected chi connectivity index (χ2v) is 7.48. The molecule has 0 unspecified atom stereocenters. The van der Waals surface area contributed by atoms with Gasteiger partial charge in [0.1, 0.15) is 5.82 Å². The third-order valence-corrected chi connectivity index (χ3v) is 5.62. The zero-order valence-corrected chi connectivity index (χ0v) is 15.2. The van der Waals surface area contributed by atoms with Gasteiger partial charge in [0.25, 0.3) is 0 Å². The van der Waals surface area contributed by atoms with Crippen LogP contribution in [0.5, 0.6) is 0 Å². The molecule has 4 aromatic rings. The van der Waals surface area contributed by atoms with E-state index in [1.807, 2.05) is 19.2 Å². The highest BCUT2D eigenvalue weighted by molar-refractivity contribution is 5.94. The molecule has 1 saturated carbocycles. The molecular formula is C21H23N5. The van der Waals surface area contributed by atoms with Crippen molar-refractivity contribution < 1.29 is 0 Å². The van der Waals surface area contributed by atoms with E-state index in [1.165, 1.54) is 30.2 Å². The third kappa shape index (κ3) is 2.59. The quantitative estimate of drug-likeness (QED) is 0.576. The lowest BCUT2D eigenvalue weighted by atomic mass is 9.91. The lowest BCUT2D eigenvalue weighted by Crippen LogP contribution is -2.36. The van der Waals surface area contributed by atoms with Crippen LogP contribution in [0.3, 0.4) is 0 Å². The monoisotopic (exact) mass is 345 g/mol. The van der Waals surface area contributed by atoms with E-state index in [4.69, 9.17) is 0 Å². The van der Waals surface area contributed by atoms with Gasteiger partial charge in [-0.1, -0.05) is 12.5 Å². The van der Waals surface area contributed by atoms with Gasteiger partial charge in [0.05, 0.1) is 5.52 Å². The number of pyridine rings is 1. The second-order valence-electron chi connectivity index (χ2n) is 7.48. The molecule has 1 fully saturated rings. The van der Waals surface area contributed by atoms with Crippen molar-refractivity contribution in [1.82, 2.24) is 24.8 Å². The molecule has 0 aliphatic heterocycles. The molecule has 5 heteroatoms. The highest BCUT2D eigenvalue weighted by atomic mass is 15.1. The number of aromatic nitrogens is 4. The summed E-state index contributed by atoms with van der Waals surface area (Å²) >= 11 is 0. The molecule has 0 saturated heterocycles. The molecule has 26 heavy (non-hydrogen) atoms. The summed E-state index contributed by atoms with van der Waals surface area (Å²) in [5, 5.41) is 1.25. The minimum atomic E-state index is 0.765. The molecular weight excluding hydrogens is 322 g/mol. The first-order valence-electron chi connectivity index (χ1n) is 9.31. The molecule has 1 aromatic carbocycles. The van der Waals surface area contributed by atoms with Crippen molar-refractivity contribution in [2.24, 2.45) is 0 Å². The molecule has 0 radical (unpaired) electrons. The van der Waals surface area contributed by atoms with Crippen molar-refractivity contribution in [3.8, 4) is 11.3 Å². The fraction of sp³-hybridized carbons (Fsp3) is 0.333. The number of rotatable bonds is 4. The number of nitrogens with one attached hydrogen (secondary N) is 2. The Kier molecular flexibility index (Phi) is 3.57. The number of benzene rings is 1. The van der Waals surface area contributed by atoms with Crippen LogP contribution in [0.2, 0.25) is 0 Å². The van der Waals surface area contributed by atoms with Crippen LogP contribution in [0.15, 0.2) is 36.5 Å². The predicted molar refractivity (Wildman–Crippen MR) is 105 cm³/mol. The van der Waals surface area contributed by atoms with Gasteiger partial charge in [-0.15, -0.1) is 0 Å². The zero-order chi connectivity index (χ0) is 17.7. The maximum absolute atomic E-state index is 4.44. The molecule has 2 N–H and O–H groups in total. The lowest BCUT2D eigenvalue weighted by molar-refractivity contribution is 0.153. The SMILES string of the molecule is Cc1nc2nccc(-c3cc4cc(CN(C)C5CCC5)ccc4[nH]3)c2[nH]1. The molecule has 1 aliphatic rings. The van der Waals surface area contributed by atoms with Gasteiger partial charge in [0, 0.05) is 40.9 Å². The summed E-state index contributed by atoms with van der Waals surface area (Å²) in [5.74, 6) is 0.886. The van der Waals surface area contributed by atoms with Crippen molar-refractivity contribution in [2.75, 3.05) is 7.05 Å². The van der Waals surface area contributed by atoms with E-state index in [0.717, 1.165) is 46.3 Å². The number of aryl methyl sites for hydroxylation is 1. The number of aromatic amines is 2. The zero-order valence-electron chi connectivity index (χ0n) is 15.2. The van der Waals surface area contributed by atoms with Crippen LogP contribution in [0.4, 0.5) is 0 Å². The van der Waals surface area contributed by atoms with E-state index in [-0.39, 0.29) is 0 Å². The summed E-state index contributed by atoms with van der Waals surface area (Å²) in [7, 11) is 2.24.